The van der Waals surface area contributed by atoms with Gasteiger partial charge < -0.3 is 19.1 Å². The van der Waals surface area contributed by atoms with E-state index in [-0.39, 0.29) is 12.0 Å². The summed E-state index contributed by atoms with van der Waals surface area (Å²) in [5.41, 5.74) is 1.47. The number of hydrogen-bond acceptors (Lipinski definition) is 5. The minimum Gasteiger partial charge on any atom is -0.493 e. The van der Waals surface area contributed by atoms with Gasteiger partial charge in [-0.05, 0) is 56.1 Å². The number of ketones is 1. The normalized spacial score (nSPS) is 32.2. The number of benzene rings is 2. The molecular weight excluding hydrogens is 390 g/mol. The van der Waals surface area contributed by atoms with E-state index in [2.05, 4.69) is 24.9 Å². The second kappa shape index (κ2) is 7.35. The molecular formula is C26H31NO4. The molecule has 1 aliphatic heterocycles. The van der Waals surface area contributed by atoms with Crippen molar-refractivity contribution in [1.29, 1.82) is 0 Å². The first-order valence-corrected chi connectivity index (χ1v) is 11.2. The second-order valence-electron chi connectivity index (χ2n) is 9.40. The first kappa shape index (κ1) is 20.5. The van der Waals surface area contributed by atoms with Crippen LogP contribution < -0.4 is 9.47 Å². The molecule has 2 aromatic carbocycles. The molecule has 2 aromatic rings. The number of ether oxygens (including phenoxy) is 3. The molecule has 0 spiro atoms. The van der Waals surface area contributed by atoms with E-state index in [0.29, 0.717) is 24.4 Å². The van der Waals surface area contributed by atoms with E-state index >= 15 is 0 Å². The van der Waals surface area contributed by atoms with E-state index in [9.17, 15) is 4.79 Å². The van der Waals surface area contributed by atoms with Gasteiger partial charge in [0.15, 0.2) is 11.5 Å². The number of nitrogens with zero attached hydrogens (tertiary/aromatic N) is 1. The molecule has 31 heavy (non-hydrogen) atoms. The lowest BCUT2D eigenvalue weighted by atomic mass is 9.46. The smallest absolute Gasteiger partial charge is 0.173 e. The van der Waals surface area contributed by atoms with E-state index in [1.165, 1.54) is 5.56 Å². The number of likely N-dealkylation sites (tertiary alicyclic amines) is 1. The van der Waals surface area contributed by atoms with Crippen LogP contribution in [0, 0.1) is 5.92 Å². The number of methoxy groups -OCH3 is 2. The maximum absolute atomic E-state index is 13.1. The summed E-state index contributed by atoms with van der Waals surface area (Å²) in [5, 5.41) is 0. The third-order valence-electron chi connectivity index (χ3n) is 8.05. The first-order chi connectivity index (χ1) is 15.0. The van der Waals surface area contributed by atoms with Crippen LogP contribution >= 0.6 is 0 Å². The van der Waals surface area contributed by atoms with Gasteiger partial charge >= 0.3 is 0 Å². The highest BCUT2D eigenvalue weighted by atomic mass is 16.5. The van der Waals surface area contributed by atoms with Crippen LogP contribution in [0.2, 0.25) is 0 Å². The predicted octanol–water partition coefficient (Wildman–Crippen LogP) is 4.37. The third-order valence-corrected chi connectivity index (χ3v) is 8.05. The molecule has 5 nitrogen and oxygen atoms in total. The predicted molar refractivity (Wildman–Crippen MR) is 119 cm³/mol. The molecule has 1 saturated carbocycles. The fraction of sp³-hybridized carbons (Fsp3) is 0.500. The number of Topliss-reactive ketones (excluding diaryl/α,β-unsaturated/α-hetero) is 1. The third kappa shape index (κ3) is 2.72. The van der Waals surface area contributed by atoms with Gasteiger partial charge in [-0.2, -0.15) is 0 Å². The quantitative estimate of drug-likeness (QED) is 0.734. The minimum absolute atomic E-state index is 0.121. The molecule has 0 amide bonds. The summed E-state index contributed by atoms with van der Waals surface area (Å²) in [6.45, 7) is 3.11. The lowest BCUT2D eigenvalue weighted by Gasteiger charge is -2.66. The van der Waals surface area contributed by atoms with Crippen LogP contribution in [0.15, 0.2) is 42.5 Å². The number of fused-ring (bicyclic) bond motifs is 1. The van der Waals surface area contributed by atoms with Crippen LogP contribution in [0.25, 0.3) is 0 Å². The molecule has 2 aliphatic carbocycles. The SMILES string of the molecule is COc1ccc2c(c1Oc1ccccc1)[C@]13CCN(C)[C@H](C2)[C@]1(OC)C(C)CC(=O)C3. The summed E-state index contributed by atoms with van der Waals surface area (Å²) in [7, 11) is 5.69. The van der Waals surface area contributed by atoms with Crippen molar-refractivity contribution in [3.63, 3.8) is 0 Å². The average Bonchev–Trinajstić information content (AvgIpc) is 2.76. The Hall–Kier alpha value is -2.37. The van der Waals surface area contributed by atoms with E-state index in [1.807, 2.05) is 43.5 Å². The summed E-state index contributed by atoms with van der Waals surface area (Å²) in [4.78, 5) is 15.5. The minimum atomic E-state index is -0.442. The Labute approximate surface area is 184 Å². The van der Waals surface area contributed by atoms with Crippen molar-refractivity contribution >= 4 is 5.78 Å². The van der Waals surface area contributed by atoms with Crippen molar-refractivity contribution in [3.8, 4) is 17.2 Å². The first-order valence-electron chi connectivity index (χ1n) is 11.2. The average molecular weight is 422 g/mol. The highest BCUT2D eigenvalue weighted by Crippen LogP contribution is 2.63. The standard InChI is InChI=1S/C26H31NO4/c1-17-14-19(28)16-25-12-13-27(2)22(26(17,25)30-4)15-18-10-11-21(29-3)24(23(18)25)31-20-8-6-5-7-9-20/h5-11,17,22H,12-16H2,1-4H3/t17?,22-,25-,26-/m1/s1. The van der Waals surface area contributed by atoms with Gasteiger partial charge in [0.2, 0.25) is 0 Å². The van der Waals surface area contributed by atoms with Gasteiger partial charge in [-0.25, -0.2) is 0 Å². The summed E-state index contributed by atoms with van der Waals surface area (Å²) < 4.78 is 18.8. The van der Waals surface area contributed by atoms with Crippen LogP contribution in [-0.2, 0) is 21.4 Å². The molecule has 1 unspecified atom stereocenters. The van der Waals surface area contributed by atoms with Crippen molar-refractivity contribution in [2.24, 2.45) is 5.92 Å². The van der Waals surface area contributed by atoms with Gasteiger partial charge in [0.1, 0.15) is 11.5 Å². The van der Waals surface area contributed by atoms with Crippen molar-refractivity contribution in [3.05, 3.63) is 53.6 Å². The Bertz CT molecular complexity index is 1010. The lowest BCUT2D eigenvalue weighted by Crippen LogP contribution is -2.76. The van der Waals surface area contributed by atoms with Crippen LogP contribution in [0.1, 0.15) is 37.3 Å². The monoisotopic (exact) mass is 421 g/mol. The molecule has 3 aliphatic rings. The molecule has 0 N–H and O–H groups in total. The summed E-state index contributed by atoms with van der Waals surface area (Å²) in [6, 6.07) is 14.2. The molecule has 2 bridgehead atoms. The highest BCUT2D eigenvalue weighted by Gasteiger charge is 2.69. The largest absolute Gasteiger partial charge is 0.493 e. The van der Waals surface area contributed by atoms with Gasteiger partial charge in [-0.3, -0.25) is 4.79 Å². The molecule has 164 valence electrons. The van der Waals surface area contributed by atoms with E-state index < -0.39 is 11.0 Å². The highest BCUT2D eigenvalue weighted by molar-refractivity contribution is 5.83. The maximum atomic E-state index is 13.1. The van der Waals surface area contributed by atoms with Crippen LogP contribution in [0.4, 0.5) is 0 Å². The molecule has 2 fully saturated rings. The van der Waals surface area contributed by atoms with Gasteiger partial charge in [-0.15, -0.1) is 0 Å². The zero-order valence-electron chi connectivity index (χ0n) is 18.8. The molecule has 5 rings (SSSR count). The second-order valence-corrected chi connectivity index (χ2v) is 9.40. The van der Waals surface area contributed by atoms with Crippen LogP contribution in [0.5, 0.6) is 17.2 Å². The molecule has 1 saturated heterocycles. The van der Waals surface area contributed by atoms with E-state index in [0.717, 1.165) is 36.4 Å². The molecule has 0 radical (unpaired) electrons. The number of rotatable bonds is 4. The number of piperidine rings is 1. The lowest BCUT2D eigenvalue weighted by molar-refractivity contribution is -0.206. The Morgan fingerprint density at radius 3 is 2.55 bits per heavy atom. The summed E-state index contributed by atoms with van der Waals surface area (Å²) in [6.07, 6.45) is 2.78. The van der Waals surface area contributed by atoms with Gasteiger partial charge in [-0.1, -0.05) is 31.2 Å². The fourth-order valence-corrected chi connectivity index (χ4v) is 6.92. The van der Waals surface area contributed by atoms with Gasteiger partial charge in [0, 0.05) is 37.0 Å². The van der Waals surface area contributed by atoms with Crippen molar-refractivity contribution in [2.75, 3.05) is 27.8 Å². The fourth-order valence-electron chi connectivity index (χ4n) is 6.92. The number of carbonyl (C=O) groups is 1. The van der Waals surface area contributed by atoms with Crippen LogP contribution in [0.3, 0.4) is 0 Å². The van der Waals surface area contributed by atoms with Crippen molar-refractivity contribution in [1.82, 2.24) is 4.90 Å². The Balaban J connectivity index is 1.80. The summed E-state index contributed by atoms with van der Waals surface area (Å²) >= 11 is 0. The molecule has 5 heteroatoms. The van der Waals surface area contributed by atoms with Gasteiger partial charge in [0.25, 0.3) is 0 Å². The summed E-state index contributed by atoms with van der Waals surface area (Å²) in [5.74, 6) is 2.63. The topological polar surface area (TPSA) is 48.0 Å². The number of para-hydroxylation sites is 1. The molecule has 4 atom stereocenters. The number of carbonyl (C=O) groups excluding carboxylic acids is 1. The zero-order chi connectivity index (χ0) is 21.8. The van der Waals surface area contributed by atoms with Gasteiger partial charge in [0.05, 0.1) is 12.7 Å². The number of hydrogen-bond donors (Lipinski definition) is 0. The molecule has 1 heterocycles. The van der Waals surface area contributed by atoms with Crippen LogP contribution in [-0.4, -0.2) is 50.1 Å². The van der Waals surface area contributed by atoms with E-state index in [4.69, 9.17) is 14.2 Å². The number of likely N-dealkylation sites (N-methyl/N-ethyl adjacent to an activating group) is 1. The Morgan fingerprint density at radius 2 is 1.84 bits per heavy atom. The van der Waals surface area contributed by atoms with Crippen molar-refractivity contribution < 1.29 is 19.0 Å². The Kier molecular flexibility index (Phi) is 4.87. The zero-order valence-corrected chi connectivity index (χ0v) is 18.8. The van der Waals surface area contributed by atoms with E-state index in [1.54, 1.807) is 7.11 Å². The maximum Gasteiger partial charge on any atom is 0.173 e. The Morgan fingerprint density at radius 1 is 1.06 bits per heavy atom. The van der Waals surface area contributed by atoms with Crippen molar-refractivity contribution in [2.45, 2.75) is 49.7 Å². The molecule has 0 aromatic heterocycles.